The molecule has 1 aliphatic rings. The maximum absolute atomic E-state index is 11.9. The van der Waals surface area contributed by atoms with Crippen LogP contribution in [0, 0.1) is 0 Å². The predicted molar refractivity (Wildman–Crippen MR) is 76.2 cm³/mol. The van der Waals surface area contributed by atoms with Gasteiger partial charge in [-0.2, -0.15) is 0 Å². The third kappa shape index (κ3) is 2.52. The summed E-state index contributed by atoms with van der Waals surface area (Å²) in [5.74, 6) is 0.761. The monoisotopic (exact) mass is 278 g/mol. The van der Waals surface area contributed by atoms with Crippen molar-refractivity contribution < 1.29 is 4.79 Å². The Morgan fingerprint density at radius 2 is 2.11 bits per heavy atom. The van der Waals surface area contributed by atoms with Gasteiger partial charge in [0.15, 0.2) is 4.34 Å². The second kappa shape index (κ2) is 5.28. The highest BCUT2D eigenvalue weighted by Crippen LogP contribution is 2.29. The van der Waals surface area contributed by atoms with E-state index in [9.17, 15) is 4.79 Å². The minimum absolute atomic E-state index is 0.247. The Morgan fingerprint density at radius 3 is 2.89 bits per heavy atom. The molecule has 18 heavy (non-hydrogen) atoms. The molecule has 1 fully saturated rings. The van der Waals surface area contributed by atoms with E-state index in [1.807, 2.05) is 23.1 Å². The van der Waals surface area contributed by atoms with E-state index in [1.165, 1.54) is 4.70 Å². The van der Waals surface area contributed by atoms with Crippen LogP contribution in [0.15, 0.2) is 28.6 Å². The summed E-state index contributed by atoms with van der Waals surface area (Å²) in [4.78, 5) is 18.4. The number of para-hydroxylation sites is 1. The molecule has 0 unspecified atom stereocenters. The van der Waals surface area contributed by atoms with Crippen LogP contribution in [0.4, 0.5) is 0 Å². The van der Waals surface area contributed by atoms with Crippen molar-refractivity contribution in [3.05, 3.63) is 24.3 Å². The third-order valence-corrected chi connectivity index (χ3v) is 5.22. The van der Waals surface area contributed by atoms with Crippen molar-refractivity contribution in [1.29, 1.82) is 0 Å². The summed E-state index contributed by atoms with van der Waals surface area (Å²) in [6, 6.07) is 8.09. The van der Waals surface area contributed by atoms with Crippen molar-refractivity contribution in [3.8, 4) is 0 Å². The first-order valence-electron chi connectivity index (χ1n) is 6.09. The Kier molecular flexibility index (Phi) is 3.52. The van der Waals surface area contributed by atoms with Gasteiger partial charge in [0.05, 0.1) is 16.0 Å². The molecule has 0 bridgehead atoms. The highest BCUT2D eigenvalue weighted by molar-refractivity contribution is 8.01. The van der Waals surface area contributed by atoms with Crippen molar-refractivity contribution in [3.63, 3.8) is 0 Å². The van der Waals surface area contributed by atoms with Gasteiger partial charge in [0, 0.05) is 13.1 Å². The number of rotatable bonds is 3. The number of likely N-dealkylation sites (tertiary alicyclic amines) is 1. The fourth-order valence-electron chi connectivity index (χ4n) is 2.09. The van der Waals surface area contributed by atoms with Crippen LogP contribution in [0.5, 0.6) is 0 Å². The SMILES string of the molecule is O=C(CSc1nc2ccccc2s1)N1CCCC1. The molecule has 0 aliphatic carbocycles. The molecule has 0 atom stereocenters. The average molecular weight is 278 g/mol. The quantitative estimate of drug-likeness (QED) is 0.809. The van der Waals surface area contributed by atoms with E-state index < -0.39 is 0 Å². The molecule has 1 saturated heterocycles. The topological polar surface area (TPSA) is 33.2 Å². The molecule has 3 rings (SSSR count). The Labute approximate surface area is 114 Å². The molecule has 1 amide bonds. The van der Waals surface area contributed by atoms with Gasteiger partial charge in [0.1, 0.15) is 0 Å². The van der Waals surface area contributed by atoms with Gasteiger partial charge >= 0.3 is 0 Å². The zero-order chi connectivity index (χ0) is 12.4. The first kappa shape index (κ1) is 12.0. The van der Waals surface area contributed by atoms with E-state index in [4.69, 9.17) is 0 Å². The molecule has 0 N–H and O–H groups in total. The molecule has 3 nitrogen and oxygen atoms in total. The van der Waals surface area contributed by atoms with Crippen molar-refractivity contribution >= 4 is 39.2 Å². The molecule has 2 aromatic rings. The number of nitrogens with zero attached hydrogens (tertiary/aromatic N) is 2. The zero-order valence-corrected chi connectivity index (χ0v) is 11.6. The van der Waals surface area contributed by atoms with E-state index in [-0.39, 0.29) is 5.91 Å². The second-order valence-corrected chi connectivity index (χ2v) is 6.58. The van der Waals surface area contributed by atoms with Crippen molar-refractivity contribution in [2.75, 3.05) is 18.8 Å². The number of benzene rings is 1. The summed E-state index contributed by atoms with van der Waals surface area (Å²) < 4.78 is 2.18. The first-order chi connectivity index (χ1) is 8.83. The Bertz CT molecular complexity index is 528. The lowest BCUT2D eigenvalue weighted by Gasteiger charge is -2.13. The van der Waals surface area contributed by atoms with E-state index in [0.717, 1.165) is 35.8 Å². The van der Waals surface area contributed by atoms with E-state index in [0.29, 0.717) is 5.75 Å². The number of hydrogen-bond acceptors (Lipinski definition) is 4. The number of thiazole rings is 1. The molecular formula is C13H14N2OS2. The molecule has 2 heterocycles. The van der Waals surface area contributed by atoms with Crippen molar-refractivity contribution in [2.45, 2.75) is 17.2 Å². The van der Waals surface area contributed by atoms with Gasteiger partial charge in [-0.3, -0.25) is 4.79 Å². The number of hydrogen-bond donors (Lipinski definition) is 0. The maximum Gasteiger partial charge on any atom is 0.233 e. The van der Waals surface area contributed by atoms with Crippen LogP contribution in [-0.4, -0.2) is 34.6 Å². The van der Waals surface area contributed by atoms with Crippen molar-refractivity contribution in [2.24, 2.45) is 0 Å². The van der Waals surface area contributed by atoms with Gasteiger partial charge in [-0.1, -0.05) is 23.9 Å². The minimum Gasteiger partial charge on any atom is -0.342 e. The van der Waals surface area contributed by atoms with Crippen LogP contribution in [-0.2, 0) is 4.79 Å². The molecule has 1 aromatic carbocycles. The van der Waals surface area contributed by atoms with Gasteiger partial charge in [-0.15, -0.1) is 11.3 Å². The van der Waals surface area contributed by atoms with Crippen LogP contribution >= 0.6 is 23.1 Å². The van der Waals surface area contributed by atoms with Gasteiger partial charge in [-0.25, -0.2) is 4.98 Å². The van der Waals surface area contributed by atoms with E-state index in [1.54, 1.807) is 23.1 Å². The summed E-state index contributed by atoms with van der Waals surface area (Å²) in [7, 11) is 0. The largest absolute Gasteiger partial charge is 0.342 e. The number of carbonyl (C=O) groups is 1. The lowest BCUT2D eigenvalue weighted by atomic mass is 10.3. The van der Waals surface area contributed by atoms with Crippen LogP contribution in [0.2, 0.25) is 0 Å². The Balaban J connectivity index is 1.63. The fourth-order valence-corrected chi connectivity index (χ4v) is 4.07. The van der Waals surface area contributed by atoms with Gasteiger partial charge in [0.2, 0.25) is 5.91 Å². The Morgan fingerprint density at radius 1 is 1.33 bits per heavy atom. The normalized spacial score (nSPS) is 15.4. The second-order valence-electron chi connectivity index (χ2n) is 4.32. The molecular weight excluding hydrogens is 264 g/mol. The highest BCUT2D eigenvalue weighted by atomic mass is 32.2. The van der Waals surface area contributed by atoms with Gasteiger partial charge < -0.3 is 4.90 Å². The number of amides is 1. The number of carbonyl (C=O) groups excluding carboxylic acids is 1. The van der Waals surface area contributed by atoms with Gasteiger partial charge in [-0.05, 0) is 25.0 Å². The predicted octanol–water partition coefficient (Wildman–Crippen LogP) is 3.01. The van der Waals surface area contributed by atoms with Crippen LogP contribution < -0.4 is 0 Å². The summed E-state index contributed by atoms with van der Waals surface area (Å²) >= 11 is 3.22. The molecule has 0 spiro atoms. The summed E-state index contributed by atoms with van der Waals surface area (Å²) in [6.45, 7) is 1.86. The lowest BCUT2D eigenvalue weighted by molar-refractivity contribution is -0.127. The molecule has 94 valence electrons. The molecule has 0 radical (unpaired) electrons. The Hall–Kier alpha value is -1.07. The summed E-state index contributed by atoms with van der Waals surface area (Å²) in [6.07, 6.45) is 2.30. The van der Waals surface area contributed by atoms with Crippen LogP contribution in [0.3, 0.4) is 0 Å². The fraction of sp³-hybridized carbons (Fsp3) is 0.385. The number of fused-ring (bicyclic) bond motifs is 1. The maximum atomic E-state index is 11.9. The van der Waals surface area contributed by atoms with Gasteiger partial charge in [0.25, 0.3) is 0 Å². The van der Waals surface area contributed by atoms with E-state index in [2.05, 4.69) is 11.1 Å². The van der Waals surface area contributed by atoms with E-state index >= 15 is 0 Å². The smallest absolute Gasteiger partial charge is 0.233 e. The van der Waals surface area contributed by atoms with Crippen LogP contribution in [0.1, 0.15) is 12.8 Å². The highest BCUT2D eigenvalue weighted by Gasteiger charge is 2.18. The average Bonchev–Trinajstić information content (AvgIpc) is 3.04. The lowest BCUT2D eigenvalue weighted by Crippen LogP contribution is -2.29. The molecule has 1 aromatic heterocycles. The molecule has 5 heteroatoms. The third-order valence-electron chi connectivity index (χ3n) is 3.05. The first-order valence-corrected chi connectivity index (χ1v) is 7.89. The standard InChI is InChI=1S/C13H14N2OS2/c16-12(15-7-3-4-8-15)9-17-13-14-10-5-1-2-6-11(10)18-13/h1-2,5-6H,3-4,7-9H2. The zero-order valence-electron chi connectivity index (χ0n) is 9.96. The minimum atomic E-state index is 0.247. The summed E-state index contributed by atoms with van der Waals surface area (Å²) in [5.41, 5.74) is 1.03. The molecule has 0 saturated carbocycles. The summed E-state index contributed by atoms with van der Waals surface area (Å²) in [5, 5.41) is 0. The number of thioether (sulfide) groups is 1. The number of aromatic nitrogens is 1. The van der Waals surface area contributed by atoms with Crippen molar-refractivity contribution in [1.82, 2.24) is 9.88 Å². The molecule has 1 aliphatic heterocycles. The van der Waals surface area contributed by atoms with Crippen LogP contribution in [0.25, 0.3) is 10.2 Å².